The van der Waals surface area contributed by atoms with Gasteiger partial charge >= 0.3 is 0 Å². The summed E-state index contributed by atoms with van der Waals surface area (Å²) in [6.07, 6.45) is 2.99. The van der Waals surface area contributed by atoms with Gasteiger partial charge in [-0.3, -0.25) is 4.79 Å². The Bertz CT molecular complexity index is 229. The van der Waals surface area contributed by atoms with Crippen LogP contribution in [0.4, 0.5) is 0 Å². The minimum Gasteiger partial charge on any atom is -0.462 e. The van der Waals surface area contributed by atoms with Crippen molar-refractivity contribution in [1.29, 1.82) is 0 Å². The fourth-order valence-electron chi connectivity index (χ4n) is 1.29. The first-order valence-corrected chi connectivity index (χ1v) is 5.75. The van der Waals surface area contributed by atoms with E-state index in [0.717, 1.165) is 19.1 Å². The lowest BCUT2D eigenvalue weighted by atomic mass is 9.89. The molecule has 0 aromatic carbocycles. The molecule has 1 saturated heterocycles. The van der Waals surface area contributed by atoms with E-state index in [1.54, 1.807) is 0 Å². The highest BCUT2D eigenvalue weighted by atomic mass is 16.5. The molecule has 0 saturated carbocycles. The zero-order valence-electron chi connectivity index (χ0n) is 10.9. The van der Waals surface area contributed by atoms with Gasteiger partial charge in [0.2, 0.25) is 0 Å². The highest BCUT2D eigenvalue weighted by Gasteiger charge is 2.26. The Hall–Kier alpha value is -0.940. The van der Waals surface area contributed by atoms with Gasteiger partial charge in [0.15, 0.2) is 0 Å². The molecule has 0 unspecified atom stereocenters. The molecule has 0 aromatic rings. The van der Waals surface area contributed by atoms with Gasteiger partial charge in [-0.2, -0.15) is 0 Å². The lowest BCUT2D eigenvalue weighted by Crippen LogP contribution is -2.45. The van der Waals surface area contributed by atoms with Gasteiger partial charge in [-0.15, -0.1) is 0 Å². The Balaban J connectivity index is 0.000000325. The molecule has 0 atom stereocenters. The lowest BCUT2D eigenvalue weighted by Gasteiger charge is -2.31. The highest BCUT2D eigenvalue weighted by Crippen LogP contribution is 2.19. The molecule has 0 aliphatic carbocycles. The third-order valence-electron chi connectivity index (χ3n) is 2.38. The van der Waals surface area contributed by atoms with Crippen LogP contribution < -0.4 is 5.73 Å². The van der Waals surface area contributed by atoms with E-state index in [1.165, 1.54) is 0 Å². The van der Waals surface area contributed by atoms with E-state index in [0.29, 0.717) is 26.1 Å². The summed E-state index contributed by atoms with van der Waals surface area (Å²) in [5, 5.41) is 0. The molecule has 0 amide bonds. The van der Waals surface area contributed by atoms with Gasteiger partial charge in [0.05, 0.1) is 0 Å². The third kappa shape index (κ3) is 8.83. The Morgan fingerprint density at radius 3 is 2.12 bits per heavy atom. The first kappa shape index (κ1) is 16.1. The first-order valence-electron chi connectivity index (χ1n) is 5.75. The Morgan fingerprint density at radius 1 is 1.29 bits per heavy atom. The summed E-state index contributed by atoms with van der Waals surface area (Å²) in [5.41, 5.74) is 5.28. The van der Waals surface area contributed by atoms with Crippen molar-refractivity contribution in [2.45, 2.75) is 51.2 Å². The van der Waals surface area contributed by atoms with Crippen molar-refractivity contribution in [3.63, 3.8) is 0 Å². The smallest absolute Gasteiger partial charge is 0.293 e. The summed E-state index contributed by atoms with van der Waals surface area (Å²) in [7, 11) is 0. The van der Waals surface area contributed by atoms with Crippen molar-refractivity contribution in [3.05, 3.63) is 0 Å². The van der Waals surface area contributed by atoms with Crippen molar-refractivity contribution in [2.75, 3.05) is 13.2 Å². The van der Waals surface area contributed by atoms with Crippen LogP contribution in [0.15, 0.2) is 0 Å². The molecule has 17 heavy (non-hydrogen) atoms. The summed E-state index contributed by atoms with van der Waals surface area (Å²) in [6, 6.07) is 0. The van der Waals surface area contributed by atoms with Crippen LogP contribution >= 0.6 is 0 Å². The Labute approximate surface area is 103 Å². The van der Waals surface area contributed by atoms with E-state index in [9.17, 15) is 9.59 Å². The second kappa shape index (κ2) is 7.40. The van der Waals surface area contributed by atoms with Gasteiger partial charge in [-0.25, -0.2) is 0 Å². The molecule has 100 valence electrons. The summed E-state index contributed by atoms with van der Waals surface area (Å²) >= 11 is 0. The van der Waals surface area contributed by atoms with Crippen LogP contribution in [-0.2, 0) is 19.1 Å². The van der Waals surface area contributed by atoms with Crippen LogP contribution in [0.25, 0.3) is 0 Å². The number of hydrogen-bond donors (Lipinski definition) is 1. The van der Waals surface area contributed by atoms with E-state index in [2.05, 4.69) is 4.74 Å². The quantitative estimate of drug-likeness (QED) is 0.752. The van der Waals surface area contributed by atoms with Crippen molar-refractivity contribution >= 4 is 12.8 Å². The lowest BCUT2D eigenvalue weighted by molar-refractivity contribution is -0.138. The monoisotopic (exact) mass is 245 g/mol. The van der Waals surface area contributed by atoms with E-state index >= 15 is 0 Å². The van der Waals surface area contributed by atoms with Crippen LogP contribution in [0.3, 0.4) is 0 Å². The van der Waals surface area contributed by atoms with Crippen molar-refractivity contribution < 1.29 is 19.1 Å². The highest BCUT2D eigenvalue weighted by molar-refractivity contribution is 5.51. The predicted octanol–water partition coefficient (Wildman–Crippen LogP) is 1.04. The van der Waals surface area contributed by atoms with Crippen LogP contribution in [0.1, 0.15) is 40.0 Å². The molecule has 1 aliphatic rings. The Kier molecular flexibility index (Phi) is 6.99. The molecule has 0 bridgehead atoms. The average molecular weight is 245 g/mol. The third-order valence-corrected chi connectivity index (χ3v) is 2.38. The van der Waals surface area contributed by atoms with E-state index in [-0.39, 0.29) is 11.1 Å². The maximum absolute atomic E-state index is 10.2. The minimum absolute atomic E-state index is 0.264. The van der Waals surface area contributed by atoms with E-state index in [4.69, 9.17) is 10.5 Å². The molecular formula is C12H23NO4. The normalized spacial score (nSPS) is 18.6. The van der Waals surface area contributed by atoms with Crippen LogP contribution in [0.2, 0.25) is 0 Å². The molecule has 0 radical (unpaired) electrons. The maximum atomic E-state index is 10.2. The van der Waals surface area contributed by atoms with Crippen molar-refractivity contribution in [3.8, 4) is 0 Å². The summed E-state index contributed by atoms with van der Waals surface area (Å²) in [4.78, 5) is 19.8. The number of hydrogen-bond acceptors (Lipinski definition) is 5. The van der Waals surface area contributed by atoms with Gasteiger partial charge in [0.1, 0.15) is 11.9 Å². The predicted molar refractivity (Wildman–Crippen MR) is 64.6 cm³/mol. The van der Waals surface area contributed by atoms with Crippen LogP contribution in [0.5, 0.6) is 0 Å². The molecule has 0 spiro atoms. The number of ether oxygens (including phenoxy) is 2. The molecule has 2 N–H and O–H groups in total. The van der Waals surface area contributed by atoms with Crippen molar-refractivity contribution in [1.82, 2.24) is 0 Å². The topological polar surface area (TPSA) is 78.6 Å². The summed E-state index contributed by atoms with van der Waals surface area (Å²) < 4.78 is 9.66. The Morgan fingerprint density at radius 2 is 1.82 bits per heavy atom. The van der Waals surface area contributed by atoms with Gasteiger partial charge in [0.25, 0.3) is 6.47 Å². The summed E-state index contributed by atoms with van der Waals surface area (Å²) in [5.74, 6) is 0. The molecule has 1 aliphatic heterocycles. The zero-order valence-corrected chi connectivity index (χ0v) is 10.9. The second-order valence-electron chi connectivity index (χ2n) is 5.17. The molecule has 1 fully saturated rings. The molecule has 1 rings (SSSR count). The first-order chi connectivity index (χ1) is 7.83. The molecule has 5 heteroatoms. The number of aldehydes is 1. The van der Waals surface area contributed by atoms with Crippen LogP contribution in [0, 0.1) is 0 Å². The largest absolute Gasteiger partial charge is 0.462 e. The van der Waals surface area contributed by atoms with E-state index in [1.807, 2.05) is 20.8 Å². The van der Waals surface area contributed by atoms with E-state index < -0.39 is 0 Å². The SMILES string of the molecule is CC(C)(C)OC=O.NC1(CC=O)CCOCC1. The zero-order chi connectivity index (χ0) is 13.4. The minimum atomic E-state index is -0.318. The number of carbonyl (C=O) groups is 2. The number of rotatable bonds is 3. The fraction of sp³-hybridized carbons (Fsp3) is 0.833. The molecule has 5 nitrogen and oxygen atoms in total. The van der Waals surface area contributed by atoms with Gasteiger partial charge in [0, 0.05) is 25.2 Å². The number of nitrogens with two attached hydrogens (primary N) is 1. The second-order valence-corrected chi connectivity index (χ2v) is 5.17. The molecular weight excluding hydrogens is 222 g/mol. The van der Waals surface area contributed by atoms with Crippen molar-refractivity contribution in [2.24, 2.45) is 5.73 Å². The maximum Gasteiger partial charge on any atom is 0.293 e. The van der Waals surface area contributed by atoms with Gasteiger partial charge in [-0.05, 0) is 33.6 Å². The summed E-state index contributed by atoms with van der Waals surface area (Å²) in [6.45, 7) is 7.32. The molecule has 0 aromatic heterocycles. The molecule has 1 heterocycles. The number of carbonyl (C=O) groups excluding carboxylic acids is 2. The fourth-order valence-corrected chi connectivity index (χ4v) is 1.29. The standard InChI is InChI=1S/C7H13NO2.C5H10O2/c8-7(1-4-9)2-5-10-6-3-7;1-5(2,3)7-4-6/h4H,1-3,5-6,8H2;4H,1-3H3. The van der Waals surface area contributed by atoms with Gasteiger partial charge < -0.3 is 20.0 Å². The average Bonchev–Trinajstić information content (AvgIpc) is 2.17. The van der Waals surface area contributed by atoms with Crippen LogP contribution in [-0.4, -0.2) is 37.1 Å². The van der Waals surface area contributed by atoms with Gasteiger partial charge in [-0.1, -0.05) is 0 Å².